The topological polar surface area (TPSA) is 95.9 Å². The van der Waals surface area contributed by atoms with Gasteiger partial charge >= 0.3 is 11.9 Å². The summed E-state index contributed by atoms with van der Waals surface area (Å²) < 4.78 is 5.63. The Morgan fingerprint density at radius 2 is 1.58 bits per heavy atom. The molecule has 24 heavy (non-hydrogen) atoms. The molecule has 136 valence electrons. The molecule has 0 aromatic heterocycles. The van der Waals surface area contributed by atoms with Crippen LogP contribution in [-0.4, -0.2) is 40.8 Å². The van der Waals surface area contributed by atoms with Crippen molar-refractivity contribution in [2.75, 3.05) is 13.2 Å². The fraction of sp³-hybridized carbons (Fsp3) is 0.500. The van der Waals surface area contributed by atoms with E-state index in [0.717, 1.165) is 18.5 Å². The van der Waals surface area contributed by atoms with Gasteiger partial charge in [0.1, 0.15) is 0 Å². The van der Waals surface area contributed by atoms with Gasteiger partial charge in [-0.05, 0) is 58.4 Å². The number of rotatable bonds is 5. The number of aryl methyl sites for hydroxylation is 1. The molecule has 0 aliphatic carbocycles. The standard InChI is InChI=1S/C14H21Cl2NO.C2H2O4/c1-10-8-11(15)13(12(16)9-10)18-7-5-6-17-14(2,3)4;3-1(4)2(5)6/h8-9,17H,5-7H2,1-4H3;(H,3,4)(H,5,6). The van der Waals surface area contributed by atoms with Gasteiger partial charge in [-0.2, -0.15) is 0 Å². The first kappa shape index (κ1) is 22.5. The summed E-state index contributed by atoms with van der Waals surface area (Å²) in [6.07, 6.45) is 0.914. The van der Waals surface area contributed by atoms with Crippen LogP contribution in [0.25, 0.3) is 0 Å². The van der Waals surface area contributed by atoms with Crippen LogP contribution < -0.4 is 10.1 Å². The second-order valence-electron chi connectivity index (χ2n) is 6.05. The Morgan fingerprint density at radius 1 is 1.12 bits per heavy atom. The van der Waals surface area contributed by atoms with Gasteiger partial charge in [0.2, 0.25) is 0 Å². The predicted octanol–water partition coefficient (Wildman–Crippen LogP) is 3.61. The number of carbonyl (C=O) groups is 2. The molecular weight excluding hydrogens is 357 g/mol. The van der Waals surface area contributed by atoms with Crippen molar-refractivity contribution in [3.05, 3.63) is 27.7 Å². The van der Waals surface area contributed by atoms with E-state index in [1.807, 2.05) is 19.1 Å². The fourth-order valence-electron chi connectivity index (χ4n) is 1.53. The van der Waals surface area contributed by atoms with Crippen LogP contribution in [0, 0.1) is 6.92 Å². The van der Waals surface area contributed by atoms with Gasteiger partial charge < -0.3 is 20.3 Å². The molecule has 0 heterocycles. The summed E-state index contributed by atoms with van der Waals surface area (Å²) in [6.45, 7) is 9.88. The summed E-state index contributed by atoms with van der Waals surface area (Å²) in [7, 11) is 0. The van der Waals surface area contributed by atoms with Gasteiger partial charge in [0.15, 0.2) is 5.75 Å². The molecule has 3 N–H and O–H groups in total. The normalized spacial score (nSPS) is 10.6. The minimum atomic E-state index is -1.82. The van der Waals surface area contributed by atoms with Crippen LogP contribution in [0.15, 0.2) is 12.1 Å². The number of aliphatic carboxylic acids is 2. The first-order valence-electron chi connectivity index (χ1n) is 7.23. The van der Waals surface area contributed by atoms with E-state index < -0.39 is 11.9 Å². The van der Waals surface area contributed by atoms with Crippen LogP contribution in [0.5, 0.6) is 5.75 Å². The molecule has 0 atom stereocenters. The summed E-state index contributed by atoms with van der Waals surface area (Å²) in [5, 5.41) is 19.3. The van der Waals surface area contributed by atoms with E-state index in [9.17, 15) is 0 Å². The number of carboxylic acid groups (broad SMARTS) is 2. The van der Waals surface area contributed by atoms with Gasteiger partial charge in [-0.25, -0.2) is 9.59 Å². The Labute approximate surface area is 151 Å². The zero-order valence-electron chi connectivity index (χ0n) is 14.2. The van der Waals surface area contributed by atoms with Crippen molar-refractivity contribution in [1.82, 2.24) is 5.32 Å². The average molecular weight is 380 g/mol. The third-order valence-corrected chi connectivity index (χ3v) is 3.11. The van der Waals surface area contributed by atoms with Gasteiger partial charge in [-0.15, -0.1) is 0 Å². The zero-order chi connectivity index (χ0) is 18.9. The number of hydrogen-bond donors (Lipinski definition) is 3. The minimum Gasteiger partial charge on any atom is -0.490 e. The molecule has 0 spiro atoms. The van der Waals surface area contributed by atoms with Crippen molar-refractivity contribution in [3.8, 4) is 5.75 Å². The lowest BCUT2D eigenvalue weighted by Gasteiger charge is -2.20. The largest absolute Gasteiger partial charge is 0.490 e. The van der Waals surface area contributed by atoms with Crippen molar-refractivity contribution in [2.24, 2.45) is 0 Å². The number of ether oxygens (including phenoxy) is 1. The van der Waals surface area contributed by atoms with Crippen molar-refractivity contribution in [2.45, 2.75) is 39.7 Å². The molecule has 0 saturated carbocycles. The number of hydrogen-bond acceptors (Lipinski definition) is 4. The van der Waals surface area contributed by atoms with Crippen LogP contribution in [0.2, 0.25) is 10.0 Å². The van der Waals surface area contributed by atoms with Gasteiger partial charge in [-0.1, -0.05) is 23.2 Å². The Morgan fingerprint density at radius 3 is 1.96 bits per heavy atom. The molecule has 8 heteroatoms. The lowest BCUT2D eigenvalue weighted by Crippen LogP contribution is -2.36. The van der Waals surface area contributed by atoms with Crippen LogP contribution in [0.4, 0.5) is 0 Å². The van der Waals surface area contributed by atoms with E-state index in [1.165, 1.54) is 0 Å². The van der Waals surface area contributed by atoms with Crippen molar-refractivity contribution in [1.29, 1.82) is 0 Å². The quantitative estimate of drug-likeness (QED) is 0.534. The monoisotopic (exact) mass is 379 g/mol. The molecule has 0 aliphatic heterocycles. The molecular formula is C16H23Cl2NO5. The number of halogens is 2. The Balaban J connectivity index is 0.000000754. The first-order chi connectivity index (χ1) is 10.9. The summed E-state index contributed by atoms with van der Waals surface area (Å²) in [5.41, 5.74) is 1.17. The van der Waals surface area contributed by atoms with E-state index in [1.54, 1.807) is 0 Å². The maximum absolute atomic E-state index is 9.10. The maximum Gasteiger partial charge on any atom is 0.414 e. The highest BCUT2D eigenvalue weighted by atomic mass is 35.5. The van der Waals surface area contributed by atoms with Gasteiger partial charge in [0.05, 0.1) is 16.7 Å². The first-order valence-corrected chi connectivity index (χ1v) is 7.99. The second-order valence-corrected chi connectivity index (χ2v) is 6.86. The maximum atomic E-state index is 9.10. The molecule has 0 amide bonds. The third-order valence-electron chi connectivity index (χ3n) is 2.55. The van der Waals surface area contributed by atoms with Gasteiger partial charge in [0.25, 0.3) is 0 Å². The molecule has 1 rings (SSSR count). The van der Waals surface area contributed by atoms with Crippen LogP contribution in [-0.2, 0) is 9.59 Å². The van der Waals surface area contributed by atoms with Crippen molar-refractivity contribution >= 4 is 35.1 Å². The smallest absolute Gasteiger partial charge is 0.414 e. The molecule has 1 aromatic carbocycles. The van der Waals surface area contributed by atoms with E-state index in [-0.39, 0.29) is 5.54 Å². The molecule has 0 radical (unpaired) electrons. The van der Waals surface area contributed by atoms with Gasteiger partial charge in [0, 0.05) is 5.54 Å². The third kappa shape index (κ3) is 10.3. The molecule has 0 saturated heterocycles. The van der Waals surface area contributed by atoms with Crippen molar-refractivity contribution < 1.29 is 24.5 Å². The highest BCUT2D eigenvalue weighted by molar-refractivity contribution is 6.37. The summed E-state index contributed by atoms with van der Waals surface area (Å²) >= 11 is 12.2. The molecule has 6 nitrogen and oxygen atoms in total. The highest BCUT2D eigenvalue weighted by Crippen LogP contribution is 2.33. The van der Waals surface area contributed by atoms with Crippen LogP contribution in [0.3, 0.4) is 0 Å². The summed E-state index contributed by atoms with van der Waals surface area (Å²) in [6, 6.07) is 3.71. The Hall–Kier alpha value is -1.50. The number of benzene rings is 1. The fourth-order valence-corrected chi connectivity index (χ4v) is 2.24. The number of carboxylic acids is 2. The van der Waals surface area contributed by atoms with Crippen LogP contribution in [0.1, 0.15) is 32.8 Å². The molecule has 1 aromatic rings. The SMILES string of the molecule is Cc1cc(Cl)c(OCCCNC(C)(C)C)c(Cl)c1.O=C(O)C(=O)O. The Bertz CT molecular complexity index is 535. The molecule has 0 fully saturated rings. The average Bonchev–Trinajstić information content (AvgIpc) is 2.40. The highest BCUT2D eigenvalue weighted by Gasteiger charge is 2.10. The summed E-state index contributed by atoms with van der Waals surface area (Å²) in [4.78, 5) is 18.2. The van der Waals surface area contributed by atoms with Crippen molar-refractivity contribution in [3.63, 3.8) is 0 Å². The van der Waals surface area contributed by atoms with E-state index >= 15 is 0 Å². The summed E-state index contributed by atoms with van der Waals surface area (Å²) in [5.74, 6) is -3.07. The lowest BCUT2D eigenvalue weighted by atomic mass is 10.1. The lowest BCUT2D eigenvalue weighted by molar-refractivity contribution is -0.159. The van der Waals surface area contributed by atoms with E-state index in [4.69, 9.17) is 47.7 Å². The zero-order valence-corrected chi connectivity index (χ0v) is 15.7. The predicted molar refractivity (Wildman–Crippen MR) is 94.3 cm³/mol. The number of nitrogens with one attached hydrogen (secondary N) is 1. The molecule has 0 unspecified atom stereocenters. The molecule has 0 bridgehead atoms. The van der Waals surface area contributed by atoms with E-state index in [0.29, 0.717) is 22.4 Å². The minimum absolute atomic E-state index is 0.138. The van der Waals surface area contributed by atoms with Crippen LogP contribution >= 0.6 is 23.2 Å². The second kappa shape index (κ2) is 10.4. The molecule has 0 aliphatic rings. The van der Waals surface area contributed by atoms with Gasteiger partial charge in [-0.3, -0.25) is 0 Å². The van der Waals surface area contributed by atoms with E-state index in [2.05, 4.69) is 26.1 Å². The Kier molecular flexibility index (Phi) is 9.73.